The van der Waals surface area contributed by atoms with E-state index in [1.165, 1.54) is 51.7 Å². The van der Waals surface area contributed by atoms with Crippen LogP contribution in [-0.4, -0.2) is 49.8 Å². The molecule has 0 aromatic rings. The Morgan fingerprint density at radius 1 is 1.25 bits per heavy atom. The number of nitrogens with zero attached hydrogens (tertiary/aromatic N) is 1. The number of piperidine rings is 1. The first-order valence-corrected chi connectivity index (χ1v) is 6.86. The summed E-state index contributed by atoms with van der Waals surface area (Å²) in [6.07, 6.45) is 6.44. The van der Waals surface area contributed by atoms with Crippen LogP contribution in [0, 0.1) is 0 Å². The lowest BCUT2D eigenvalue weighted by atomic mass is 9.96. The SMILES string of the molecule is CC1(OCCCN2CCCC2)CCCNC1. The number of rotatable bonds is 5. The van der Waals surface area contributed by atoms with Crippen molar-refractivity contribution in [2.75, 3.05) is 39.3 Å². The van der Waals surface area contributed by atoms with Gasteiger partial charge in [-0.1, -0.05) is 0 Å². The van der Waals surface area contributed by atoms with Crippen LogP contribution in [0.15, 0.2) is 0 Å². The highest BCUT2D eigenvalue weighted by Crippen LogP contribution is 2.20. The van der Waals surface area contributed by atoms with Crippen molar-refractivity contribution in [2.24, 2.45) is 0 Å². The summed E-state index contributed by atoms with van der Waals surface area (Å²) in [7, 11) is 0. The molecule has 0 aromatic heterocycles. The molecule has 0 aliphatic carbocycles. The molecule has 0 amide bonds. The molecule has 0 aromatic carbocycles. The first-order chi connectivity index (χ1) is 7.79. The van der Waals surface area contributed by atoms with Gasteiger partial charge in [0.15, 0.2) is 0 Å². The summed E-state index contributed by atoms with van der Waals surface area (Å²) in [4.78, 5) is 2.56. The Morgan fingerprint density at radius 2 is 2.06 bits per heavy atom. The second-order valence-corrected chi connectivity index (χ2v) is 5.48. The van der Waals surface area contributed by atoms with Gasteiger partial charge >= 0.3 is 0 Å². The third-order valence-corrected chi connectivity index (χ3v) is 3.83. The Balaban J connectivity index is 1.56. The van der Waals surface area contributed by atoms with Gasteiger partial charge in [-0.25, -0.2) is 0 Å². The first-order valence-electron chi connectivity index (χ1n) is 6.86. The summed E-state index contributed by atoms with van der Waals surface area (Å²) in [5.74, 6) is 0. The van der Waals surface area contributed by atoms with Gasteiger partial charge in [0, 0.05) is 19.7 Å². The fourth-order valence-electron chi connectivity index (χ4n) is 2.76. The molecular weight excluding hydrogens is 200 g/mol. The monoisotopic (exact) mass is 226 g/mol. The highest BCUT2D eigenvalue weighted by atomic mass is 16.5. The van der Waals surface area contributed by atoms with Crippen LogP contribution < -0.4 is 5.32 Å². The van der Waals surface area contributed by atoms with Crippen molar-refractivity contribution in [2.45, 2.75) is 44.6 Å². The average Bonchev–Trinajstić information content (AvgIpc) is 2.78. The van der Waals surface area contributed by atoms with Crippen molar-refractivity contribution in [3.63, 3.8) is 0 Å². The van der Waals surface area contributed by atoms with Crippen LogP contribution in [0.5, 0.6) is 0 Å². The maximum absolute atomic E-state index is 6.04. The molecule has 2 saturated heterocycles. The van der Waals surface area contributed by atoms with Crippen molar-refractivity contribution in [3.8, 4) is 0 Å². The molecule has 2 fully saturated rings. The minimum absolute atomic E-state index is 0.100. The standard InChI is InChI=1S/C13H26N2O/c1-13(6-4-7-14-12-13)16-11-5-10-15-8-2-3-9-15/h14H,2-12H2,1H3. The molecule has 0 bridgehead atoms. The van der Waals surface area contributed by atoms with Gasteiger partial charge in [-0.05, 0) is 58.7 Å². The van der Waals surface area contributed by atoms with E-state index in [2.05, 4.69) is 17.1 Å². The summed E-state index contributed by atoms with van der Waals surface area (Å²) >= 11 is 0. The van der Waals surface area contributed by atoms with Crippen molar-refractivity contribution < 1.29 is 4.74 Å². The molecule has 94 valence electrons. The van der Waals surface area contributed by atoms with E-state index in [1.54, 1.807) is 0 Å². The third-order valence-electron chi connectivity index (χ3n) is 3.83. The summed E-state index contributed by atoms with van der Waals surface area (Å²) < 4.78 is 6.04. The second-order valence-electron chi connectivity index (χ2n) is 5.48. The topological polar surface area (TPSA) is 24.5 Å². The van der Waals surface area contributed by atoms with E-state index in [9.17, 15) is 0 Å². The van der Waals surface area contributed by atoms with E-state index in [-0.39, 0.29) is 5.60 Å². The van der Waals surface area contributed by atoms with Gasteiger partial charge in [-0.3, -0.25) is 0 Å². The fourth-order valence-corrected chi connectivity index (χ4v) is 2.76. The maximum atomic E-state index is 6.04. The molecule has 2 aliphatic rings. The molecule has 0 radical (unpaired) electrons. The molecule has 2 heterocycles. The zero-order valence-corrected chi connectivity index (χ0v) is 10.6. The lowest BCUT2D eigenvalue weighted by Gasteiger charge is -2.34. The Kier molecular flexibility index (Phi) is 4.62. The van der Waals surface area contributed by atoms with E-state index >= 15 is 0 Å². The second kappa shape index (κ2) is 5.99. The van der Waals surface area contributed by atoms with Crippen LogP contribution in [0.2, 0.25) is 0 Å². The van der Waals surface area contributed by atoms with Crippen molar-refractivity contribution in [3.05, 3.63) is 0 Å². The molecule has 2 aliphatic heterocycles. The molecule has 1 N–H and O–H groups in total. The predicted octanol–water partition coefficient (Wildman–Crippen LogP) is 1.63. The molecular formula is C13H26N2O. The highest BCUT2D eigenvalue weighted by molar-refractivity contribution is 4.82. The van der Waals surface area contributed by atoms with Gasteiger partial charge in [-0.2, -0.15) is 0 Å². The quantitative estimate of drug-likeness (QED) is 0.721. The molecule has 3 nitrogen and oxygen atoms in total. The van der Waals surface area contributed by atoms with Gasteiger partial charge in [0.05, 0.1) is 5.60 Å². The molecule has 0 spiro atoms. The Morgan fingerprint density at radius 3 is 2.75 bits per heavy atom. The zero-order valence-electron chi connectivity index (χ0n) is 10.6. The summed E-state index contributed by atoms with van der Waals surface area (Å²) in [5.41, 5.74) is 0.100. The van der Waals surface area contributed by atoms with E-state index in [4.69, 9.17) is 4.74 Å². The number of hydrogen-bond acceptors (Lipinski definition) is 3. The van der Waals surface area contributed by atoms with Crippen molar-refractivity contribution >= 4 is 0 Å². The third kappa shape index (κ3) is 3.72. The number of nitrogens with one attached hydrogen (secondary N) is 1. The van der Waals surface area contributed by atoms with Crippen LogP contribution in [0.25, 0.3) is 0 Å². The minimum Gasteiger partial charge on any atom is -0.374 e. The van der Waals surface area contributed by atoms with Crippen LogP contribution in [0.4, 0.5) is 0 Å². The van der Waals surface area contributed by atoms with Crippen LogP contribution >= 0.6 is 0 Å². The van der Waals surface area contributed by atoms with E-state index in [0.29, 0.717) is 0 Å². The van der Waals surface area contributed by atoms with Gasteiger partial charge in [0.1, 0.15) is 0 Å². The van der Waals surface area contributed by atoms with E-state index in [0.717, 1.165) is 19.7 Å². The van der Waals surface area contributed by atoms with Crippen molar-refractivity contribution in [1.82, 2.24) is 10.2 Å². The number of ether oxygens (including phenoxy) is 1. The molecule has 3 heteroatoms. The van der Waals surface area contributed by atoms with Crippen LogP contribution in [-0.2, 0) is 4.74 Å². The van der Waals surface area contributed by atoms with E-state index in [1.807, 2.05) is 0 Å². The lowest BCUT2D eigenvalue weighted by Crippen LogP contribution is -2.45. The molecule has 0 saturated carbocycles. The van der Waals surface area contributed by atoms with Gasteiger partial charge in [0.2, 0.25) is 0 Å². The summed E-state index contributed by atoms with van der Waals surface area (Å²) in [6.45, 7) is 9.19. The predicted molar refractivity (Wildman–Crippen MR) is 66.8 cm³/mol. The summed E-state index contributed by atoms with van der Waals surface area (Å²) in [5, 5.41) is 3.42. The normalized spacial score (nSPS) is 32.1. The Bertz CT molecular complexity index is 196. The zero-order chi connectivity index (χ0) is 11.3. The lowest BCUT2D eigenvalue weighted by molar-refractivity contribution is -0.0488. The van der Waals surface area contributed by atoms with Crippen molar-refractivity contribution in [1.29, 1.82) is 0 Å². The van der Waals surface area contributed by atoms with Crippen LogP contribution in [0.3, 0.4) is 0 Å². The number of likely N-dealkylation sites (tertiary alicyclic amines) is 1. The highest BCUT2D eigenvalue weighted by Gasteiger charge is 2.27. The fraction of sp³-hybridized carbons (Fsp3) is 1.00. The maximum Gasteiger partial charge on any atom is 0.0778 e. The molecule has 1 unspecified atom stereocenters. The first kappa shape index (κ1) is 12.3. The Hall–Kier alpha value is -0.120. The van der Waals surface area contributed by atoms with Crippen LogP contribution in [0.1, 0.15) is 39.0 Å². The van der Waals surface area contributed by atoms with E-state index < -0.39 is 0 Å². The Labute approximate surface area is 99.5 Å². The van der Waals surface area contributed by atoms with Gasteiger partial charge < -0.3 is 15.0 Å². The average molecular weight is 226 g/mol. The molecule has 16 heavy (non-hydrogen) atoms. The minimum atomic E-state index is 0.100. The summed E-state index contributed by atoms with van der Waals surface area (Å²) in [6, 6.07) is 0. The smallest absolute Gasteiger partial charge is 0.0778 e. The van der Waals surface area contributed by atoms with Gasteiger partial charge in [-0.15, -0.1) is 0 Å². The number of hydrogen-bond donors (Lipinski definition) is 1. The molecule has 2 rings (SSSR count). The largest absolute Gasteiger partial charge is 0.374 e. The van der Waals surface area contributed by atoms with Gasteiger partial charge in [0.25, 0.3) is 0 Å². The molecule has 1 atom stereocenters.